The van der Waals surface area contributed by atoms with E-state index in [9.17, 15) is 0 Å². The van der Waals surface area contributed by atoms with Crippen LogP contribution < -0.4 is 16.0 Å². The molecule has 5 rings (SSSR count). The molecule has 0 saturated carbocycles. The Bertz CT molecular complexity index is 1060. The summed E-state index contributed by atoms with van der Waals surface area (Å²) < 4.78 is 0. The van der Waals surface area contributed by atoms with Crippen molar-refractivity contribution >= 4 is 38.5 Å². The van der Waals surface area contributed by atoms with Gasteiger partial charge in [-0.15, -0.1) is 0 Å². The number of allylic oxidation sites excluding steroid dienone is 6. The summed E-state index contributed by atoms with van der Waals surface area (Å²) >= 11 is 0.395. The molecule has 24 heavy (non-hydrogen) atoms. The number of nitrogens with one attached hydrogen (secondary N) is 2. The van der Waals surface area contributed by atoms with Crippen LogP contribution in [0, 0.1) is 0 Å². The van der Waals surface area contributed by atoms with Gasteiger partial charge in [0.15, 0.2) is 0 Å². The third-order valence-corrected chi connectivity index (χ3v) is 5.95. The molecule has 116 valence electrons. The Balaban J connectivity index is 1.65. The minimum atomic E-state index is 0.351. The average Bonchev–Trinajstić information content (AvgIpc) is 3.32. The molecular formula is C19H14N4Se. The van der Waals surface area contributed by atoms with Gasteiger partial charge in [-0.2, -0.15) is 0 Å². The molecule has 1 aromatic heterocycles. The Morgan fingerprint density at radius 3 is 2.50 bits per heavy atom. The van der Waals surface area contributed by atoms with Gasteiger partial charge in [0.2, 0.25) is 0 Å². The first kappa shape index (κ1) is 13.8. The van der Waals surface area contributed by atoms with Crippen molar-refractivity contribution in [3.05, 3.63) is 81.4 Å². The molecule has 4 nitrogen and oxygen atoms in total. The average molecular weight is 377 g/mol. The topological polar surface area (TPSA) is 52.5 Å². The van der Waals surface area contributed by atoms with Gasteiger partial charge in [-0.25, -0.2) is 0 Å². The quantitative estimate of drug-likeness (QED) is 0.648. The summed E-state index contributed by atoms with van der Waals surface area (Å²) in [6.07, 6.45) is 16.6. The van der Waals surface area contributed by atoms with Crippen LogP contribution in [-0.4, -0.2) is 36.3 Å². The molecule has 0 fully saturated rings. The zero-order valence-corrected chi connectivity index (χ0v) is 14.4. The van der Waals surface area contributed by atoms with Crippen molar-refractivity contribution in [2.75, 3.05) is 0 Å². The second kappa shape index (κ2) is 5.48. The Hall–Kier alpha value is -2.62. The molecule has 4 aliphatic heterocycles. The summed E-state index contributed by atoms with van der Waals surface area (Å²) in [6, 6.07) is 4.17. The van der Waals surface area contributed by atoms with Crippen LogP contribution in [0.1, 0.15) is 0 Å². The molecule has 1 unspecified atom stereocenters. The number of nitrogens with zero attached hydrogens (tertiary/aromatic N) is 2. The first-order chi connectivity index (χ1) is 11.8. The molecule has 0 aromatic carbocycles. The van der Waals surface area contributed by atoms with Crippen LogP contribution in [0.5, 0.6) is 0 Å². The van der Waals surface area contributed by atoms with Gasteiger partial charge < -0.3 is 0 Å². The van der Waals surface area contributed by atoms with Gasteiger partial charge in [-0.05, 0) is 0 Å². The Morgan fingerprint density at radius 2 is 1.58 bits per heavy atom. The zero-order valence-electron chi connectivity index (χ0n) is 12.7. The van der Waals surface area contributed by atoms with E-state index in [1.54, 1.807) is 0 Å². The molecule has 5 heterocycles. The summed E-state index contributed by atoms with van der Waals surface area (Å²) in [7, 11) is 0. The Kier molecular flexibility index (Phi) is 3.15. The summed E-state index contributed by atoms with van der Waals surface area (Å²) in [6.45, 7) is 0. The first-order valence-corrected chi connectivity index (χ1v) is 9.76. The van der Waals surface area contributed by atoms with Crippen molar-refractivity contribution < 1.29 is 0 Å². The number of H-pyrrole nitrogens is 1. The molecule has 1 aromatic rings. The molecule has 0 radical (unpaired) electrons. The van der Waals surface area contributed by atoms with E-state index in [1.165, 1.54) is 5.70 Å². The molecule has 1 atom stereocenters. The fourth-order valence-electron chi connectivity index (χ4n) is 2.89. The molecule has 0 spiro atoms. The van der Waals surface area contributed by atoms with Gasteiger partial charge in [0.25, 0.3) is 0 Å². The van der Waals surface area contributed by atoms with Crippen LogP contribution in [0.2, 0.25) is 0 Å². The van der Waals surface area contributed by atoms with Gasteiger partial charge >= 0.3 is 145 Å². The van der Waals surface area contributed by atoms with E-state index in [0.717, 1.165) is 33.5 Å². The number of hydrogen-bond acceptors (Lipinski definition) is 3. The standard InChI is InChI=1S/C19H14N4Se/c1-2-13-8-15-5-6-17(22-15)10-19-23-18(11-24-19)9-16-4-3-14(21-16)7-12(1)20-13/h1-11,19,21,23H. The third-order valence-electron chi connectivity index (χ3n) is 3.98. The summed E-state index contributed by atoms with van der Waals surface area (Å²) in [4.78, 5) is 15.4. The number of fused-ring (bicyclic) bond motifs is 6. The SMILES string of the molecule is C1=CC2=NC1=CC1NC(=C[Se]1)C=c1ccc([nH]1)=CC1=NC(=C2)C=C1. The molecule has 0 amide bonds. The maximum absolute atomic E-state index is 4.67. The summed E-state index contributed by atoms with van der Waals surface area (Å²) in [5.41, 5.74) is 5.02. The van der Waals surface area contributed by atoms with E-state index >= 15 is 0 Å². The van der Waals surface area contributed by atoms with Gasteiger partial charge in [0, 0.05) is 0 Å². The van der Waals surface area contributed by atoms with Gasteiger partial charge in [0.05, 0.1) is 0 Å². The van der Waals surface area contributed by atoms with Crippen LogP contribution in [-0.2, 0) is 0 Å². The molecular weight excluding hydrogens is 363 g/mol. The van der Waals surface area contributed by atoms with E-state index in [2.05, 4.69) is 61.7 Å². The minimum absolute atomic E-state index is 0.351. The second-order valence-corrected chi connectivity index (χ2v) is 7.96. The summed E-state index contributed by atoms with van der Waals surface area (Å²) in [5.74, 6) is 0. The molecule has 0 aliphatic carbocycles. The van der Waals surface area contributed by atoms with Crippen LogP contribution in [0.4, 0.5) is 0 Å². The van der Waals surface area contributed by atoms with E-state index in [-0.39, 0.29) is 0 Å². The van der Waals surface area contributed by atoms with Crippen molar-refractivity contribution in [2.45, 2.75) is 4.94 Å². The van der Waals surface area contributed by atoms with Crippen LogP contribution in [0.25, 0.3) is 12.2 Å². The Labute approximate surface area is 145 Å². The molecule has 0 saturated heterocycles. The number of hydrogen-bond donors (Lipinski definition) is 2. The van der Waals surface area contributed by atoms with Crippen molar-refractivity contribution in [1.82, 2.24) is 10.3 Å². The van der Waals surface area contributed by atoms with E-state index in [1.807, 2.05) is 24.3 Å². The zero-order chi connectivity index (χ0) is 15.9. The van der Waals surface area contributed by atoms with Gasteiger partial charge in [-0.1, -0.05) is 0 Å². The number of rotatable bonds is 0. The Morgan fingerprint density at radius 1 is 0.833 bits per heavy atom. The fraction of sp³-hybridized carbons (Fsp3) is 0.0526. The van der Waals surface area contributed by atoms with Gasteiger partial charge in [-0.3, -0.25) is 0 Å². The van der Waals surface area contributed by atoms with E-state index in [0.29, 0.717) is 19.9 Å². The van der Waals surface area contributed by atoms with Crippen molar-refractivity contribution in [2.24, 2.45) is 9.98 Å². The predicted molar refractivity (Wildman–Crippen MR) is 99.0 cm³/mol. The van der Waals surface area contributed by atoms with Crippen LogP contribution >= 0.6 is 0 Å². The predicted octanol–water partition coefficient (Wildman–Crippen LogP) is 0.854. The number of aliphatic imine (C=N–C) groups is 2. The van der Waals surface area contributed by atoms with E-state index < -0.39 is 0 Å². The van der Waals surface area contributed by atoms with Crippen molar-refractivity contribution in [3.63, 3.8) is 0 Å². The van der Waals surface area contributed by atoms with Crippen LogP contribution in [0.15, 0.2) is 80.6 Å². The van der Waals surface area contributed by atoms with Gasteiger partial charge in [0.1, 0.15) is 0 Å². The molecule has 8 bridgehead atoms. The van der Waals surface area contributed by atoms with Crippen molar-refractivity contribution in [3.8, 4) is 0 Å². The first-order valence-electron chi connectivity index (χ1n) is 7.78. The second-order valence-electron chi connectivity index (χ2n) is 5.83. The number of aromatic amines is 1. The third kappa shape index (κ3) is 2.68. The molecule has 4 aliphatic rings. The normalized spacial score (nSPS) is 23.5. The maximum atomic E-state index is 4.67. The summed E-state index contributed by atoms with van der Waals surface area (Å²) in [5, 5.41) is 5.70. The van der Waals surface area contributed by atoms with Crippen LogP contribution in [0.3, 0.4) is 0 Å². The van der Waals surface area contributed by atoms with E-state index in [4.69, 9.17) is 0 Å². The number of aromatic nitrogens is 1. The van der Waals surface area contributed by atoms with Crippen molar-refractivity contribution in [1.29, 1.82) is 0 Å². The monoisotopic (exact) mass is 378 g/mol. The molecule has 5 heteroatoms. The fourth-order valence-corrected chi connectivity index (χ4v) is 4.68. The molecule has 2 N–H and O–H groups in total.